The highest BCUT2D eigenvalue weighted by Crippen LogP contribution is 2.30. The van der Waals surface area contributed by atoms with Crippen LogP contribution < -0.4 is 14.8 Å². The number of fused-ring (bicyclic) bond motifs is 1. The molecule has 0 saturated carbocycles. The van der Waals surface area contributed by atoms with E-state index in [-0.39, 0.29) is 49.3 Å². The molecule has 8 nitrogen and oxygen atoms in total. The summed E-state index contributed by atoms with van der Waals surface area (Å²) < 4.78 is 12.6. The number of amides is 2. The van der Waals surface area contributed by atoms with E-state index in [1.165, 1.54) is 0 Å². The zero-order valence-electron chi connectivity index (χ0n) is 26.8. The van der Waals surface area contributed by atoms with Crippen molar-refractivity contribution in [1.29, 1.82) is 0 Å². The van der Waals surface area contributed by atoms with Gasteiger partial charge < -0.3 is 24.8 Å². The summed E-state index contributed by atoms with van der Waals surface area (Å²) >= 11 is 0. The van der Waals surface area contributed by atoms with Gasteiger partial charge in [-0.1, -0.05) is 67.6 Å². The molecule has 4 aromatic rings. The number of hydrogen-bond acceptors (Lipinski definition) is 6. The third-order valence-corrected chi connectivity index (χ3v) is 8.25. The molecule has 3 atom stereocenters. The van der Waals surface area contributed by atoms with Gasteiger partial charge in [-0.3, -0.25) is 14.5 Å². The number of aliphatic hydroxyl groups excluding tert-OH is 1. The number of aliphatic hydroxyl groups is 1. The quantitative estimate of drug-likeness (QED) is 0.215. The van der Waals surface area contributed by atoms with Crippen molar-refractivity contribution in [2.24, 2.45) is 5.92 Å². The van der Waals surface area contributed by atoms with E-state index in [0.717, 1.165) is 22.6 Å². The van der Waals surface area contributed by atoms with Gasteiger partial charge in [0.1, 0.15) is 23.4 Å². The average Bonchev–Trinajstić information content (AvgIpc) is 3.09. The predicted octanol–water partition coefficient (Wildman–Crippen LogP) is 5.94. The smallest absolute Gasteiger partial charge is 0.228 e. The largest absolute Gasteiger partial charge is 0.488 e. The molecule has 1 heterocycles. The van der Waals surface area contributed by atoms with E-state index in [1.807, 2.05) is 97.9 Å². The lowest BCUT2D eigenvalue weighted by molar-refractivity contribution is -0.134. The lowest BCUT2D eigenvalue weighted by Crippen LogP contribution is -2.47. The Balaban J connectivity index is 1.30. The molecule has 8 heteroatoms. The van der Waals surface area contributed by atoms with E-state index in [9.17, 15) is 14.7 Å². The van der Waals surface area contributed by atoms with Crippen LogP contribution >= 0.6 is 0 Å². The summed E-state index contributed by atoms with van der Waals surface area (Å²) in [6.07, 6.45) is 0.126. The zero-order valence-corrected chi connectivity index (χ0v) is 26.8. The van der Waals surface area contributed by atoms with Gasteiger partial charge in [-0.05, 0) is 67.6 Å². The third-order valence-electron chi connectivity index (χ3n) is 8.25. The Morgan fingerprint density at radius 1 is 0.978 bits per heavy atom. The van der Waals surface area contributed by atoms with Crippen LogP contribution in [0, 0.1) is 5.92 Å². The minimum atomic E-state index is -0.333. The van der Waals surface area contributed by atoms with E-state index < -0.39 is 0 Å². The molecule has 46 heavy (non-hydrogen) atoms. The molecule has 5 rings (SSSR count). The van der Waals surface area contributed by atoms with Gasteiger partial charge in [0.15, 0.2) is 0 Å². The normalized spacial score (nSPS) is 17.2. The highest BCUT2D eigenvalue weighted by molar-refractivity contribution is 5.92. The Kier molecular flexibility index (Phi) is 11.1. The lowest BCUT2D eigenvalue weighted by Gasteiger charge is -2.34. The van der Waals surface area contributed by atoms with Gasteiger partial charge in [-0.25, -0.2) is 0 Å². The highest BCUT2D eigenvalue weighted by atomic mass is 16.5. The van der Waals surface area contributed by atoms with Crippen LogP contribution in [0.2, 0.25) is 0 Å². The number of anilines is 1. The van der Waals surface area contributed by atoms with Gasteiger partial charge in [0.2, 0.25) is 11.8 Å². The van der Waals surface area contributed by atoms with E-state index >= 15 is 0 Å². The van der Waals surface area contributed by atoms with Crippen LogP contribution in [0.1, 0.15) is 30.5 Å². The second-order valence-electron chi connectivity index (χ2n) is 12.2. The molecule has 0 fully saturated rings. The first-order valence-corrected chi connectivity index (χ1v) is 15.8. The average molecular weight is 622 g/mol. The number of nitrogens with zero attached hydrogens (tertiary/aromatic N) is 2. The number of rotatable bonds is 11. The van der Waals surface area contributed by atoms with Crippen molar-refractivity contribution >= 4 is 17.5 Å². The standard InChI is InChI=1S/C38H43N3O5/c1-27-23-41(28(2)26-42)38(44)22-31-21-32(39-37(43)20-29-10-6-4-7-11-29)16-19-35(31)46-36(27)25-40(3)24-30-14-17-34(18-15-30)45-33-12-8-5-9-13-33/h4-19,21,27-28,36,42H,20,22-26H2,1-3H3,(H,39,43)/t27-,28+,36+/m1/s1. The molecule has 0 aromatic heterocycles. The number of para-hydroxylation sites is 1. The monoisotopic (exact) mass is 621 g/mol. The molecule has 0 unspecified atom stereocenters. The molecular weight excluding hydrogens is 578 g/mol. The van der Waals surface area contributed by atoms with E-state index in [0.29, 0.717) is 36.6 Å². The topological polar surface area (TPSA) is 91.3 Å². The van der Waals surface area contributed by atoms with Crippen molar-refractivity contribution in [3.8, 4) is 17.2 Å². The summed E-state index contributed by atoms with van der Waals surface area (Å²) in [6, 6.07) is 32.5. The number of benzene rings is 4. The van der Waals surface area contributed by atoms with Gasteiger partial charge in [0.05, 0.1) is 25.5 Å². The van der Waals surface area contributed by atoms with Crippen molar-refractivity contribution in [1.82, 2.24) is 9.80 Å². The maximum atomic E-state index is 13.6. The molecule has 0 radical (unpaired) electrons. The minimum Gasteiger partial charge on any atom is -0.488 e. The third kappa shape index (κ3) is 8.96. The van der Waals surface area contributed by atoms with Crippen molar-refractivity contribution in [2.75, 3.05) is 32.1 Å². The first-order chi connectivity index (χ1) is 22.3. The van der Waals surface area contributed by atoms with Crippen LogP contribution in [0.25, 0.3) is 0 Å². The molecule has 1 aliphatic rings. The van der Waals surface area contributed by atoms with Crippen LogP contribution in [0.3, 0.4) is 0 Å². The number of nitrogens with one attached hydrogen (secondary N) is 1. The molecule has 2 amide bonds. The van der Waals surface area contributed by atoms with Crippen LogP contribution in [-0.2, 0) is 29.0 Å². The second-order valence-corrected chi connectivity index (χ2v) is 12.2. The van der Waals surface area contributed by atoms with E-state index in [1.54, 1.807) is 4.90 Å². The maximum absolute atomic E-state index is 13.6. The number of ether oxygens (including phenoxy) is 2. The predicted molar refractivity (Wildman–Crippen MR) is 180 cm³/mol. The first kappa shape index (κ1) is 32.7. The first-order valence-electron chi connectivity index (χ1n) is 15.8. The molecule has 240 valence electrons. The Morgan fingerprint density at radius 2 is 1.65 bits per heavy atom. The van der Waals surface area contributed by atoms with Gasteiger partial charge in [-0.15, -0.1) is 0 Å². The summed E-state index contributed by atoms with van der Waals surface area (Å²) in [6.45, 7) is 5.59. The van der Waals surface area contributed by atoms with Crippen molar-refractivity contribution < 1.29 is 24.2 Å². The Bertz CT molecular complexity index is 1580. The molecule has 1 aliphatic heterocycles. The number of likely N-dealkylation sites (N-methyl/N-ethyl adjacent to an activating group) is 1. The molecule has 0 aliphatic carbocycles. The van der Waals surface area contributed by atoms with Crippen molar-refractivity contribution in [3.63, 3.8) is 0 Å². The lowest BCUT2D eigenvalue weighted by atomic mass is 10.0. The van der Waals surface area contributed by atoms with Gasteiger partial charge in [0.25, 0.3) is 0 Å². The van der Waals surface area contributed by atoms with Crippen LogP contribution in [0.15, 0.2) is 103 Å². The van der Waals surface area contributed by atoms with Crippen molar-refractivity contribution in [3.05, 3.63) is 120 Å². The molecule has 0 saturated heterocycles. The number of carbonyl (C=O) groups is 2. The zero-order chi connectivity index (χ0) is 32.5. The fourth-order valence-corrected chi connectivity index (χ4v) is 5.68. The fourth-order valence-electron chi connectivity index (χ4n) is 5.68. The number of carbonyl (C=O) groups excluding carboxylic acids is 2. The van der Waals surface area contributed by atoms with E-state index in [2.05, 4.69) is 36.3 Å². The summed E-state index contributed by atoms with van der Waals surface area (Å²) in [4.78, 5) is 30.3. The fraction of sp³-hybridized carbons (Fsp3) is 0.316. The molecule has 0 spiro atoms. The van der Waals surface area contributed by atoms with Crippen LogP contribution in [-0.4, -0.2) is 65.6 Å². The highest BCUT2D eigenvalue weighted by Gasteiger charge is 2.31. The Labute approximate surface area is 271 Å². The number of hydrogen-bond donors (Lipinski definition) is 2. The summed E-state index contributed by atoms with van der Waals surface area (Å²) in [5.74, 6) is 1.96. The molecule has 4 aromatic carbocycles. The summed E-state index contributed by atoms with van der Waals surface area (Å²) in [5.41, 5.74) is 3.37. The maximum Gasteiger partial charge on any atom is 0.228 e. The van der Waals surface area contributed by atoms with Crippen molar-refractivity contribution in [2.45, 2.75) is 45.4 Å². The Morgan fingerprint density at radius 3 is 2.35 bits per heavy atom. The SMILES string of the molecule is C[C@@H]1CN([C@@H](C)CO)C(=O)Cc2cc(NC(=O)Cc3ccccc3)ccc2O[C@H]1CN(C)Cc1ccc(Oc2ccccc2)cc1. The molecular formula is C38H43N3O5. The summed E-state index contributed by atoms with van der Waals surface area (Å²) in [5, 5.41) is 12.9. The minimum absolute atomic E-state index is 0.0155. The van der Waals surface area contributed by atoms with Gasteiger partial charge in [0, 0.05) is 36.8 Å². The second kappa shape index (κ2) is 15.6. The van der Waals surface area contributed by atoms with Gasteiger partial charge in [-0.2, -0.15) is 0 Å². The molecule has 2 N–H and O–H groups in total. The summed E-state index contributed by atoms with van der Waals surface area (Å²) in [7, 11) is 2.06. The molecule has 0 bridgehead atoms. The van der Waals surface area contributed by atoms with Crippen LogP contribution in [0.4, 0.5) is 5.69 Å². The van der Waals surface area contributed by atoms with Gasteiger partial charge >= 0.3 is 0 Å². The van der Waals surface area contributed by atoms with Crippen LogP contribution in [0.5, 0.6) is 17.2 Å². The van der Waals surface area contributed by atoms with E-state index in [4.69, 9.17) is 9.47 Å². The Hall–Kier alpha value is -4.66.